The number of anilines is 1. The average molecular weight is 290 g/mol. The van der Waals surface area contributed by atoms with Crippen LogP contribution in [0.25, 0.3) is 0 Å². The van der Waals surface area contributed by atoms with E-state index in [0.717, 1.165) is 35.8 Å². The van der Waals surface area contributed by atoms with Crippen LogP contribution in [0.1, 0.15) is 25.8 Å². The van der Waals surface area contributed by atoms with Gasteiger partial charge < -0.3 is 10.1 Å². The molecule has 0 aliphatic heterocycles. The molecule has 0 fully saturated rings. The van der Waals surface area contributed by atoms with Crippen molar-refractivity contribution >= 4 is 28.9 Å². The smallest absolute Gasteiger partial charge is 0.0641 e. The van der Waals surface area contributed by atoms with Crippen LogP contribution in [0.3, 0.4) is 0 Å². The average Bonchev–Trinajstić information content (AvgIpc) is 2.29. The Balaban J connectivity index is 2.29. The molecule has 1 aromatic carbocycles. The molecule has 2 nitrogen and oxygen atoms in total. The summed E-state index contributed by atoms with van der Waals surface area (Å²) in [6, 6.07) is 3.72. The molecule has 0 amide bonds. The first-order chi connectivity index (χ1) is 8.50. The van der Waals surface area contributed by atoms with Gasteiger partial charge in [-0.05, 0) is 37.0 Å². The van der Waals surface area contributed by atoms with Crippen molar-refractivity contribution in [3.63, 3.8) is 0 Å². The Bertz CT molecular complexity index is 380. The minimum atomic E-state index is 0.675. The normalized spacial score (nSPS) is 11.0. The van der Waals surface area contributed by atoms with E-state index in [4.69, 9.17) is 27.9 Å². The first-order valence-electron chi connectivity index (χ1n) is 6.28. The summed E-state index contributed by atoms with van der Waals surface area (Å²) in [4.78, 5) is 0. The fourth-order valence-corrected chi connectivity index (χ4v) is 1.91. The van der Waals surface area contributed by atoms with E-state index in [1.165, 1.54) is 0 Å². The molecule has 0 unspecified atom stereocenters. The number of aryl methyl sites for hydroxylation is 1. The maximum absolute atomic E-state index is 6.12. The van der Waals surface area contributed by atoms with E-state index in [2.05, 4.69) is 19.2 Å². The largest absolute Gasteiger partial charge is 0.381 e. The lowest BCUT2D eigenvalue weighted by Gasteiger charge is -2.11. The first-order valence-corrected chi connectivity index (χ1v) is 7.03. The number of hydrogen-bond acceptors (Lipinski definition) is 2. The Hall–Kier alpha value is -0.440. The molecule has 4 heteroatoms. The van der Waals surface area contributed by atoms with Crippen LogP contribution < -0.4 is 5.32 Å². The van der Waals surface area contributed by atoms with E-state index in [9.17, 15) is 0 Å². The summed E-state index contributed by atoms with van der Waals surface area (Å²) in [5.74, 6) is 0.684. The molecule has 0 atom stereocenters. The predicted octanol–water partition coefficient (Wildman–Crippen LogP) is 4.78. The van der Waals surface area contributed by atoms with Crippen molar-refractivity contribution in [1.82, 2.24) is 0 Å². The van der Waals surface area contributed by atoms with Crippen molar-refractivity contribution in [1.29, 1.82) is 0 Å². The van der Waals surface area contributed by atoms with E-state index >= 15 is 0 Å². The molecule has 102 valence electrons. The topological polar surface area (TPSA) is 21.3 Å². The van der Waals surface area contributed by atoms with Crippen molar-refractivity contribution < 1.29 is 4.74 Å². The molecule has 0 heterocycles. The third kappa shape index (κ3) is 5.47. The van der Waals surface area contributed by atoms with E-state index in [1.54, 1.807) is 0 Å². The molecule has 0 aliphatic carbocycles. The van der Waals surface area contributed by atoms with Crippen molar-refractivity contribution in [2.75, 3.05) is 25.1 Å². The molecular formula is C14H21Cl2NO. The Morgan fingerprint density at radius 1 is 1.17 bits per heavy atom. The van der Waals surface area contributed by atoms with Crippen LogP contribution in [0.15, 0.2) is 12.1 Å². The van der Waals surface area contributed by atoms with Gasteiger partial charge in [-0.25, -0.2) is 0 Å². The molecule has 0 spiro atoms. The van der Waals surface area contributed by atoms with Crippen molar-refractivity contribution in [3.05, 3.63) is 27.7 Å². The highest BCUT2D eigenvalue weighted by atomic mass is 35.5. The highest BCUT2D eigenvalue weighted by molar-refractivity contribution is 6.35. The summed E-state index contributed by atoms with van der Waals surface area (Å²) >= 11 is 12.2. The summed E-state index contributed by atoms with van der Waals surface area (Å²) in [6.45, 7) is 8.53. The molecule has 18 heavy (non-hydrogen) atoms. The van der Waals surface area contributed by atoms with E-state index in [0.29, 0.717) is 17.5 Å². The van der Waals surface area contributed by atoms with Gasteiger partial charge in [0.15, 0.2) is 0 Å². The summed E-state index contributed by atoms with van der Waals surface area (Å²) < 4.78 is 5.52. The molecule has 0 aromatic heterocycles. The molecular weight excluding hydrogens is 269 g/mol. The summed E-state index contributed by atoms with van der Waals surface area (Å²) in [5.41, 5.74) is 1.85. The zero-order valence-corrected chi connectivity index (χ0v) is 12.7. The van der Waals surface area contributed by atoms with Crippen LogP contribution in [0, 0.1) is 12.8 Å². The van der Waals surface area contributed by atoms with Gasteiger partial charge in [-0.1, -0.05) is 37.0 Å². The molecule has 0 bridgehead atoms. The number of benzene rings is 1. The second kappa shape index (κ2) is 7.88. The van der Waals surface area contributed by atoms with Crippen LogP contribution in [0.4, 0.5) is 5.69 Å². The summed E-state index contributed by atoms with van der Waals surface area (Å²) in [6.07, 6.45) is 1.09. The third-order valence-corrected chi connectivity index (χ3v) is 3.37. The van der Waals surface area contributed by atoms with Crippen molar-refractivity contribution in [2.24, 2.45) is 5.92 Å². The lowest BCUT2D eigenvalue weighted by atomic mass is 10.1. The summed E-state index contributed by atoms with van der Waals surface area (Å²) in [7, 11) is 0. The Kier molecular flexibility index (Phi) is 6.83. The zero-order valence-electron chi connectivity index (χ0n) is 11.2. The Morgan fingerprint density at radius 3 is 2.56 bits per heavy atom. The number of halogens is 2. The molecule has 1 N–H and O–H groups in total. The van der Waals surface area contributed by atoms with Gasteiger partial charge in [0.1, 0.15) is 0 Å². The molecule has 0 radical (unpaired) electrons. The lowest BCUT2D eigenvalue weighted by molar-refractivity contribution is 0.132. The Labute approximate surface area is 120 Å². The number of rotatable bonds is 7. The second-order valence-corrected chi connectivity index (χ2v) is 5.62. The number of ether oxygens (including phenoxy) is 1. The quantitative estimate of drug-likeness (QED) is 0.730. The van der Waals surface area contributed by atoms with Gasteiger partial charge in [-0.2, -0.15) is 0 Å². The summed E-state index contributed by atoms with van der Waals surface area (Å²) in [5, 5.41) is 4.65. The first kappa shape index (κ1) is 15.6. The highest BCUT2D eigenvalue weighted by Gasteiger charge is 2.04. The van der Waals surface area contributed by atoms with Crippen LogP contribution in [0.5, 0.6) is 0 Å². The Morgan fingerprint density at radius 2 is 1.89 bits per heavy atom. The van der Waals surface area contributed by atoms with Gasteiger partial charge in [0.05, 0.1) is 17.3 Å². The second-order valence-electron chi connectivity index (χ2n) is 4.80. The van der Waals surface area contributed by atoms with Crippen LogP contribution >= 0.6 is 23.2 Å². The van der Waals surface area contributed by atoms with Crippen molar-refractivity contribution in [2.45, 2.75) is 27.2 Å². The fraction of sp³-hybridized carbons (Fsp3) is 0.571. The third-order valence-electron chi connectivity index (χ3n) is 2.65. The van der Waals surface area contributed by atoms with Gasteiger partial charge in [0, 0.05) is 18.2 Å². The molecule has 0 saturated carbocycles. The van der Waals surface area contributed by atoms with Gasteiger partial charge in [-0.15, -0.1) is 0 Å². The number of nitrogens with one attached hydrogen (secondary N) is 1. The van der Waals surface area contributed by atoms with Gasteiger partial charge in [0.25, 0.3) is 0 Å². The standard InChI is InChI=1S/C14H21Cl2NO/c1-10(2)4-6-18-7-5-17-14-9-12(15)11(3)8-13(14)16/h8-10,17H,4-7H2,1-3H3. The van der Waals surface area contributed by atoms with Gasteiger partial charge in [0.2, 0.25) is 0 Å². The van der Waals surface area contributed by atoms with Gasteiger partial charge in [-0.3, -0.25) is 0 Å². The van der Waals surface area contributed by atoms with Crippen molar-refractivity contribution in [3.8, 4) is 0 Å². The maximum atomic E-state index is 6.12. The zero-order chi connectivity index (χ0) is 13.5. The number of hydrogen-bond donors (Lipinski definition) is 1. The van der Waals surface area contributed by atoms with Crippen LogP contribution in [-0.4, -0.2) is 19.8 Å². The molecule has 1 rings (SSSR count). The predicted molar refractivity (Wildman–Crippen MR) is 80.0 cm³/mol. The fourth-order valence-electron chi connectivity index (χ4n) is 1.46. The monoisotopic (exact) mass is 289 g/mol. The minimum Gasteiger partial charge on any atom is -0.381 e. The van der Waals surface area contributed by atoms with Crippen LogP contribution in [-0.2, 0) is 4.74 Å². The lowest BCUT2D eigenvalue weighted by Crippen LogP contribution is -2.11. The highest BCUT2D eigenvalue weighted by Crippen LogP contribution is 2.28. The van der Waals surface area contributed by atoms with E-state index < -0.39 is 0 Å². The molecule has 0 aliphatic rings. The SMILES string of the molecule is Cc1cc(Cl)c(NCCOCCC(C)C)cc1Cl. The van der Waals surface area contributed by atoms with Gasteiger partial charge >= 0.3 is 0 Å². The molecule has 1 aromatic rings. The minimum absolute atomic E-state index is 0.675. The van der Waals surface area contributed by atoms with E-state index in [1.807, 2.05) is 19.1 Å². The molecule has 0 saturated heterocycles. The van der Waals surface area contributed by atoms with Crippen LogP contribution in [0.2, 0.25) is 10.0 Å². The maximum Gasteiger partial charge on any atom is 0.0641 e. The van der Waals surface area contributed by atoms with E-state index in [-0.39, 0.29) is 0 Å².